The predicted octanol–water partition coefficient (Wildman–Crippen LogP) is 4.15. The van der Waals surface area contributed by atoms with Crippen molar-refractivity contribution >= 4 is 28.7 Å². The summed E-state index contributed by atoms with van der Waals surface area (Å²) in [6.07, 6.45) is -0.754. The lowest BCUT2D eigenvalue weighted by molar-refractivity contribution is 0.176. The zero-order chi connectivity index (χ0) is 17.6. The molecule has 0 aliphatic carbocycles. The maximum atomic E-state index is 12.8. The molecular weight excluding hydrogens is 359 g/mol. The Balaban J connectivity index is 1.46. The molecule has 1 atom stereocenters. The smallest absolute Gasteiger partial charge is 0.315 e. The number of benzene rings is 1. The molecule has 3 aromatic rings. The molecule has 130 valence electrons. The summed E-state index contributed by atoms with van der Waals surface area (Å²) in [7, 11) is 0. The molecule has 0 aliphatic heterocycles. The molecule has 0 saturated heterocycles. The van der Waals surface area contributed by atoms with Gasteiger partial charge in [-0.15, -0.1) is 22.7 Å². The molecule has 0 radical (unpaired) electrons. The summed E-state index contributed by atoms with van der Waals surface area (Å²) in [5, 5.41) is 17.6. The second kappa shape index (κ2) is 8.24. The highest BCUT2D eigenvalue weighted by Crippen LogP contribution is 2.33. The van der Waals surface area contributed by atoms with Gasteiger partial charge in [0.2, 0.25) is 0 Å². The summed E-state index contributed by atoms with van der Waals surface area (Å²) in [4.78, 5) is 14.9. The van der Waals surface area contributed by atoms with Gasteiger partial charge in [0.15, 0.2) is 0 Å². The van der Waals surface area contributed by atoms with Gasteiger partial charge in [0, 0.05) is 21.2 Å². The van der Waals surface area contributed by atoms with Crippen molar-refractivity contribution in [2.45, 2.75) is 12.6 Å². The number of halogens is 1. The first kappa shape index (κ1) is 17.6. The summed E-state index contributed by atoms with van der Waals surface area (Å²) in [6.45, 7) is 0.420. The quantitative estimate of drug-likeness (QED) is 0.605. The molecule has 0 unspecified atom stereocenters. The molecule has 0 fully saturated rings. The van der Waals surface area contributed by atoms with Gasteiger partial charge in [-0.1, -0.05) is 18.2 Å². The minimum absolute atomic E-state index is 0.125. The molecule has 2 heterocycles. The van der Waals surface area contributed by atoms with Gasteiger partial charge in [-0.2, -0.15) is 0 Å². The number of nitrogens with one attached hydrogen (secondary N) is 2. The molecule has 7 heteroatoms. The largest absolute Gasteiger partial charge is 0.386 e. The van der Waals surface area contributed by atoms with Crippen molar-refractivity contribution in [3.8, 4) is 9.75 Å². The van der Waals surface area contributed by atoms with Crippen LogP contribution in [-0.2, 0) is 6.54 Å². The van der Waals surface area contributed by atoms with Crippen LogP contribution in [0.25, 0.3) is 9.75 Å². The van der Waals surface area contributed by atoms with Gasteiger partial charge in [-0.05, 0) is 41.3 Å². The topological polar surface area (TPSA) is 61.4 Å². The first-order valence-corrected chi connectivity index (χ1v) is 9.39. The van der Waals surface area contributed by atoms with Crippen LogP contribution < -0.4 is 10.6 Å². The molecule has 2 aromatic heterocycles. The van der Waals surface area contributed by atoms with E-state index in [-0.39, 0.29) is 18.4 Å². The summed E-state index contributed by atoms with van der Waals surface area (Å²) in [5.41, 5.74) is 0.802. The van der Waals surface area contributed by atoms with E-state index in [0.717, 1.165) is 20.2 Å². The number of amides is 2. The Bertz CT molecular complexity index is 816. The van der Waals surface area contributed by atoms with Crippen LogP contribution in [0.3, 0.4) is 0 Å². The van der Waals surface area contributed by atoms with Crippen LogP contribution >= 0.6 is 22.7 Å². The molecule has 3 rings (SSSR count). The Labute approximate surface area is 153 Å². The van der Waals surface area contributed by atoms with Crippen molar-refractivity contribution in [1.29, 1.82) is 0 Å². The van der Waals surface area contributed by atoms with Crippen LogP contribution in [-0.4, -0.2) is 17.7 Å². The maximum absolute atomic E-state index is 12.8. The number of rotatable bonds is 6. The number of hydrogen-bond acceptors (Lipinski definition) is 4. The number of carbonyl (C=O) groups excluding carboxylic acids is 1. The van der Waals surface area contributed by atoms with E-state index in [0.29, 0.717) is 6.54 Å². The average molecular weight is 376 g/mol. The van der Waals surface area contributed by atoms with Gasteiger partial charge >= 0.3 is 6.03 Å². The minimum Gasteiger partial charge on any atom is -0.386 e. The highest BCUT2D eigenvalue weighted by atomic mass is 32.1. The molecular formula is C18H17FN2O2S2. The highest BCUT2D eigenvalue weighted by molar-refractivity contribution is 7.21. The fraction of sp³-hybridized carbons (Fsp3) is 0.167. The highest BCUT2D eigenvalue weighted by Gasteiger charge is 2.13. The standard InChI is InChI=1S/C18H17FN2O2S2/c19-13-5-3-12(4-6-13)10-20-18(23)21-11-14(22)15-7-8-17(25-15)16-2-1-9-24-16/h1-9,14,22H,10-11H2,(H2,20,21,23)/t14-/m0/s1. The summed E-state index contributed by atoms with van der Waals surface area (Å²) in [6, 6.07) is 13.4. The van der Waals surface area contributed by atoms with E-state index in [1.54, 1.807) is 23.5 Å². The second-order valence-corrected chi connectivity index (χ2v) is 7.45. The van der Waals surface area contributed by atoms with Crippen molar-refractivity contribution in [2.24, 2.45) is 0 Å². The van der Waals surface area contributed by atoms with Crippen molar-refractivity contribution in [3.63, 3.8) is 0 Å². The van der Waals surface area contributed by atoms with Crippen LogP contribution in [0.5, 0.6) is 0 Å². The minimum atomic E-state index is -0.754. The van der Waals surface area contributed by atoms with Crippen LogP contribution in [0.4, 0.5) is 9.18 Å². The number of thiophene rings is 2. The monoisotopic (exact) mass is 376 g/mol. The molecule has 25 heavy (non-hydrogen) atoms. The van der Waals surface area contributed by atoms with E-state index in [4.69, 9.17) is 0 Å². The fourth-order valence-corrected chi connectivity index (χ4v) is 4.05. The number of carbonyl (C=O) groups is 1. The predicted molar refractivity (Wildman–Crippen MR) is 99.2 cm³/mol. The number of aliphatic hydroxyl groups excluding tert-OH is 1. The van der Waals surface area contributed by atoms with E-state index < -0.39 is 6.10 Å². The van der Waals surface area contributed by atoms with Crippen LogP contribution in [0.15, 0.2) is 53.9 Å². The molecule has 0 spiro atoms. The lowest BCUT2D eigenvalue weighted by Gasteiger charge is -2.11. The first-order valence-electron chi connectivity index (χ1n) is 7.69. The second-order valence-electron chi connectivity index (χ2n) is 5.39. The number of urea groups is 1. The van der Waals surface area contributed by atoms with Gasteiger partial charge in [0.25, 0.3) is 0 Å². The Morgan fingerprint density at radius 3 is 2.60 bits per heavy atom. The molecule has 3 N–H and O–H groups in total. The SMILES string of the molecule is O=C(NCc1ccc(F)cc1)NC[C@H](O)c1ccc(-c2cccs2)s1. The normalized spacial score (nSPS) is 11.9. The molecule has 1 aromatic carbocycles. The van der Waals surface area contributed by atoms with Crippen LogP contribution in [0.2, 0.25) is 0 Å². The van der Waals surface area contributed by atoms with E-state index in [1.807, 2.05) is 29.6 Å². The number of aliphatic hydroxyl groups is 1. The zero-order valence-electron chi connectivity index (χ0n) is 13.2. The third-order valence-corrected chi connectivity index (χ3v) is 5.79. The molecule has 0 saturated carbocycles. The molecule has 0 aliphatic rings. The van der Waals surface area contributed by atoms with E-state index >= 15 is 0 Å². The fourth-order valence-electron chi connectivity index (χ4n) is 2.22. The lowest BCUT2D eigenvalue weighted by Crippen LogP contribution is -2.37. The third kappa shape index (κ3) is 4.88. The Hall–Kier alpha value is -2.22. The summed E-state index contributed by atoms with van der Waals surface area (Å²) >= 11 is 3.17. The number of hydrogen-bond donors (Lipinski definition) is 3. The average Bonchev–Trinajstić information content (AvgIpc) is 3.30. The van der Waals surface area contributed by atoms with Crippen molar-refractivity contribution in [2.75, 3.05) is 6.54 Å². The van der Waals surface area contributed by atoms with Crippen molar-refractivity contribution < 1.29 is 14.3 Å². The zero-order valence-corrected chi connectivity index (χ0v) is 14.9. The Morgan fingerprint density at radius 2 is 1.88 bits per heavy atom. The summed E-state index contributed by atoms with van der Waals surface area (Å²) < 4.78 is 12.8. The van der Waals surface area contributed by atoms with Crippen molar-refractivity contribution in [1.82, 2.24) is 10.6 Å². The van der Waals surface area contributed by atoms with Crippen LogP contribution in [0.1, 0.15) is 16.5 Å². The van der Waals surface area contributed by atoms with E-state index in [9.17, 15) is 14.3 Å². The third-order valence-electron chi connectivity index (χ3n) is 3.54. The first-order chi connectivity index (χ1) is 12.1. The molecule has 0 bridgehead atoms. The Kier molecular flexibility index (Phi) is 5.80. The molecule has 4 nitrogen and oxygen atoms in total. The van der Waals surface area contributed by atoms with E-state index in [1.165, 1.54) is 23.5 Å². The summed E-state index contributed by atoms with van der Waals surface area (Å²) in [5.74, 6) is -0.311. The van der Waals surface area contributed by atoms with Gasteiger partial charge in [0.1, 0.15) is 11.9 Å². The maximum Gasteiger partial charge on any atom is 0.315 e. The van der Waals surface area contributed by atoms with Gasteiger partial charge in [-0.25, -0.2) is 9.18 Å². The Morgan fingerprint density at radius 1 is 1.08 bits per heavy atom. The van der Waals surface area contributed by atoms with Gasteiger partial charge in [-0.3, -0.25) is 0 Å². The molecule has 2 amide bonds. The van der Waals surface area contributed by atoms with Gasteiger partial charge in [0.05, 0.1) is 6.54 Å². The van der Waals surface area contributed by atoms with Crippen LogP contribution in [0, 0.1) is 5.82 Å². The van der Waals surface area contributed by atoms with Gasteiger partial charge < -0.3 is 15.7 Å². The lowest BCUT2D eigenvalue weighted by atomic mass is 10.2. The van der Waals surface area contributed by atoms with E-state index in [2.05, 4.69) is 10.6 Å². The van der Waals surface area contributed by atoms with Crippen molar-refractivity contribution in [3.05, 3.63) is 70.2 Å².